The van der Waals surface area contributed by atoms with Gasteiger partial charge in [0.2, 0.25) is 11.1 Å². The Kier molecular flexibility index (Phi) is 5.17. The molecule has 11 heteroatoms. The van der Waals surface area contributed by atoms with E-state index in [1.165, 1.54) is 45.3 Å². The van der Waals surface area contributed by atoms with E-state index in [1.54, 1.807) is 19.2 Å². The van der Waals surface area contributed by atoms with Gasteiger partial charge in [-0.2, -0.15) is 10.1 Å². The lowest BCUT2D eigenvalue weighted by molar-refractivity contribution is 0.0602. The lowest BCUT2D eigenvalue weighted by atomic mass is 10.1. The first-order valence-electron chi connectivity index (χ1n) is 10.1. The van der Waals surface area contributed by atoms with Crippen molar-refractivity contribution >= 4 is 34.3 Å². The highest BCUT2D eigenvalue weighted by Crippen LogP contribution is 2.22. The molecule has 0 radical (unpaired) electrons. The molecule has 0 saturated heterocycles. The first-order chi connectivity index (χ1) is 16.0. The quantitative estimate of drug-likeness (QED) is 0.313. The summed E-state index contributed by atoms with van der Waals surface area (Å²) < 4.78 is 7.69. The van der Waals surface area contributed by atoms with E-state index in [2.05, 4.69) is 44.3 Å². The average molecular weight is 462 g/mol. The fourth-order valence-electron chi connectivity index (χ4n) is 3.61. The summed E-state index contributed by atoms with van der Waals surface area (Å²) in [5.74, 6) is 0.501. The summed E-state index contributed by atoms with van der Waals surface area (Å²) in [5.41, 5.74) is 3.67. The summed E-state index contributed by atoms with van der Waals surface area (Å²) in [6.45, 7) is 3.76. The van der Waals surface area contributed by atoms with Crippen LogP contribution >= 0.6 is 11.8 Å². The van der Waals surface area contributed by atoms with Gasteiger partial charge in [-0.3, -0.25) is 9.36 Å². The zero-order chi connectivity index (χ0) is 23.1. The molecule has 4 heterocycles. The van der Waals surface area contributed by atoms with E-state index >= 15 is 0 Å². The first-order valence-corrected chi connectivity index (χ1v) is 11.0. The van der Waals surface area contributed by atoms with Crippen LogP contribution in [-0.4, -0.2) is 47.4 Å². The van der Waals surface area contributed by atoms with Gasteiger partial charge >= 0.3 is 5.97 Å². The molecule has 0 unspecified atom stereocenters. The maximum absolute atomic E-state index is 13.2. The molecule has 5 aromatic rings. The highest BCUT2D eigenvalue weighted by atomic mass is 32.2. The molecule has 10 nitrogen and oxygen atoms in total. The Morgan fingerprint density at radius 3 is 2.82 bits per heavy atom. The SMILES string of the molecule is COC(=O)c1c(C)nn2c1ncc1c(=O)n(-c3nc(SCc4ccccc4C)n[nH]3)ccc12. The van der Waals surface area contributed by atoms with Crippen molar-refractivity contribution in [2.45, 2.75) is 24.8 Å². The molecular formula is C22H19N7O3S. The number of aryl methyl sites for hydroxylation is 2. The van der Waals surface area contributed by atoms with Crippen molar-refractivity contribution in [3.63, 3.8) is 0 Å². The number of aromatic amines is 1. The molecule has 0 aliphatic carbocycles. The molecule has 0 spiro atoms. The van der Waals surface area contributed by atoms with Gasteiger partial charge in [0.05, 0.1) is 23.7 Å². The van der Waals surface area contributed by atoms with Crippen LogP contribution in [-0.2, 0) is 10.5 Å². The van der Waals surface area contributed by atoms with Crippen LogP contribution in [0.3, 0.4) is 0 Å². The number of methoxy groups -OCH3 is 1. The van der Waals surface area contributed by atoms with E-state index in [-0.39, 0.29) is 11.1 Å². The molecule has 5 rings (SSSR count). The molecule has 33 heavy (non-hydrogen) atoms. The van der Waals surface area contributed by atoms with Gasteiger partial charge in [-0.05, 0) is 31.0 Å². The van der Waals surface area contributed by atoms with Crippen molar-refractivity contribution in [1.29, 1.82) is 0 Å². The summed E-state index contributed by atoms with van der Waals surface area (Å²) >= 11 is 1.48. The third-order valence-electron chi connectivity index (χ3n) is 5.38. The number of aromatic nitrogens is 7. The number of hydrogen-bond donors (Lipinski definition) is 1. The molecule has 0 aliphatic rings. The third-order valence-corrected chi connectivity index (χ3v) is 6.27. The Labute approximate surface area is 191 Å². The summed E-state index contributed by atoms with van der Waals surface area (Å²) in [6.07, 6.45) is 3.02. The number of nitrogens with zero attached hydrogens (tertiary/aromatic N) is 6. The lowest BCUT2D eigenvalue weighted by Gasteiger charge is -2.05. The van der Waals surface area contributed by atoms with Crippen LogP contribution in [0.25, 0.3) is 22.5 Å². The second-order valence-electron chi connectivity index (χ2n) is 7.39. The number of esters is 1. The minimum atomic E-state index is -0.528. The van der Waals surface area contributed by atoms with E-state index < -0.39 is 5.97 Å². The van der Waals surface area contributed by atoms with Crippen molar-refractivity contribution in [3.05, 3.63) is 75.5 Å². The van der Waals surface area contributed by atoms with Crippen LogP contribution in [0, 0.1) is 13.8 Å². The molecule has 0 fully saturated rings. The molecule has 166 valence electrons. The Bertz CT molecular complexity index is 1580. The molecular weight excluding hydrogens is 442 g/mol. The molecule has 0 amide bonds. The van der Waals surface area contributed by atoms with Crippen LogP contribution in [0.2, 0.25) is 0 Å². The van der Waals surface area contributed by atoms with Gasteiger partial charge in [0.1, 0.15) is 5.56 Å². The number of carbonyl (C=O) groups is 1. The van der Waals surface area contributed by atoms with Gasteiger partial charge in [0.25, 0.3) is 5.56 Å². The molecule has 0 aliphatic heterocycles. The van der Waals surface area contributed by atoms with Gasteiger partial charge in [0, 0.05) is 18.1 Å². The molecule has 4 aromatic heterocycles. The maximum atomic E-state index is 13.2. The molecule has 1 aromatic carbocycles. The smallest absolute Gasteiger partial charge is 0.343 e. The fraction of sp³-hybridized carbons (Fsp3) is 0.182. The Morgan fingerprint density at radius 2 is 2.03 bits per heavy atom. The number of fused-ring (bicyclic) bond motifs is 3. The first kappa shape index (κ1) is 20.9. The average Bonchev–Trinajstić information content (AvgIpc) is 3.42. The molecule has 0 bridgehead atoms. The summed E-state index contributed by atoms with van der Waals surface area (Å²) in [4.78, 5) is 34.1. The second kappa shape index (κ2) is 8.17. The lowest BCUT2D eigenvalue weighted by Crippen LogP contribution is -2.20. The topological polar surface area (TPSA) is 120 Å². The van der Waals surface area contributed by atoms with E-state index in [0.29, 0.717) is 33.3 Å². The number of nitrogens with one attached hydrogen (secondary N) is 1. The van der Waals surface area contributed by atoms with Gasteiger partial charge in [-0.1, -0.05) is 36.0 Å². The number of carbonyl (C=O) groups excluding carboxylic acids is 1. The number of thioether (sulfide) groups is 1. The maximum Gasteiger partial charge on any atom is 0.343 e. The van der Waals surface area contributed by atoms with Crippen molar-refractivity contribution in [3.8, 4) is 5.95 Å². The zero-order valence-electron chi connectivity index (χ0n) is 18.1. The number of H-pyrrole nitrogens is 1. The second-order valence-corrected chi connectivity index (χ2v) is 8.33. The monoisotopic (exact) mass is 461 g/mol. The normalized spacial score (nSPS) is 11.4. The minimum Gasteiger partial charge on any atom is -0.465 e. The standard InChI is InChI=1S/C22H19N7O3S/c1-12-6-4-5-7-14(12)11-33-22-24-21(25-26-22)28-9-8-16-15(19(28)30)10-23-18-17(20(31)32-3)13(2)27-29(16)18/h4-10H,11H2,1-3H3,(H,24,25,26). The number of hydrogen-bond acceptors (Lipinski definition) is 8. The van der Waals surface area contributed by atoms with Gasteiger partial charge in [-0.25, -0.2) is 19.4 Å². The summed E-state index contributed by atoms with van der Waals surface area (Å²) in [5, 5.41) is 12.3. The van der Waals surface area contributed by atoms with Crippen molar-refractivity contribution in [1.82, 2.24) is 34.3 Å². The fourth-order valence-corrected chi connectivity index (χ4v) is 4.48. The number of benzene rings is 1. The van der Waals surface area contributed by atoms with Gasteiger partial charge in [-0.15, -0.1) is 5.10 Å². The van der Waals surface area contributed by atoms with Crippen molar-refractivity contribution < 1.29 is 9.53 Å². The number of ether oxygens (including phenoxy) is 1. The molecule has 0 atom stereocenters. The third kappa shape index (κ3) is 3.55. The van der Waals surface area contributed by atoms with Crippen LogP contribution in [0.1, 0.15) is 27.2 Å². The zero-order valence-corrected chi connectivity index (χ0v) is 18.9. The number of pyridine rings is 1. The van der Waals surface area contributed by atoms with E-state index in [0.717, 1.165) is 5.75 Å². The van der Waals surface area contributed by atoms with Gasteiger partial charge in [0.15, 0.2) is 5.65 Å². The Morgan fingerprint density at radius 1 is 1.21 bits per heavy atom. The van der Waals surface area contributed by atoms with E-state index in [1.807, 2.05) is 12.1 Å². The Balaban J connectivity index is 1.50. The van der Waals surface area contributed by atoms with Crippen LogP contribution in [0.4, 0.5) is 0 Å². The molecule has 0 saturated carbocycles. The highest BCUT2D eigenvalue weighted by Gasteiger charge is 2.21. The highest BCUT2D eigenvalue weighted by molar-refractivity contribution is 7.98. The van der Waals surface area contributed by atoms with Crippen LogP contribution < -0.4 is 5.56 Å². The van der Waals surface area contributed by atoms with E-state index in [9.17, 15) is 9.59 Å². The molecule has 1 N–H and O–H groups in total. The van der Waals surface area contributed by atoms with Gasteiger partial charge < -0.3 is 4.74 Å². The van der Waals surface area contributed by atoms with Crippen molar-refractivity contribution in [2.24, 2.45) is 0 Å². The van der Waals surface area contributed by atoms with Crippen molar-refractivity contribution in [2.75, 3.05) is 7.11 Å². The predicted octanol–water partition coefficient (Wildman–Crippen LogP) is 2.85. The summed E-state index contributed by atoms with van der Waals surface area (Å²) in [7, 11) is 1.30. The largest absolute Gasteiger partial charge is 0.465 e. The predicted molar refractivity (Wildman–Crippen MR) is 123 cm³/mol. The van der Waals surface area contributed by atoms with Crippen LogP contribution in [0.5, 0.6) is 0 Å². The van der Waals surface area contributed by atoms with E-state index in [4.69, 9.17) is 4.74 Å². The minimum absolute atomic E-state index is 0.272. The summed E-state index contributed by atoms with van der Waals surface area (Å²) in [6, 6.07) is 9.86. The van der Waals surface area contributed by atoms with Crippen LogP contribution in [0.15, 0.2) is 52.7 Å². The Hall–Kier alpha value is -3.99. The number of rotatable bonds is 5.